The number of halogens is 1. The number of fused-ring (bicyclic) bond motifs is 5. The van der Waals surface area contributed by atoms with E-state index in [1.54, 1.807) is 12.1 Å². The molecule has 0 radical (unpaired) electrons. The highest BCUT2D eigenvalue weighted by Gasteiger charge is 2.41. The van der Waals surface area contributed by atoms with Crippen LogP contribution >= 0.6 is 0 Å². The van der Waals surface area contributed by atoms with Crippen molar-refractivity contribution in [1.29, 1.82) is 0 Å². The molecule has 164 valence electrons. The van der Waals surface area contributed by atoms with Crippen molar-refractivity contribution < 1.29 is 18.7 Å². The third kappa shape index (κ3) is 4.13. The van der Waals surface area contributed by atoms with Crippen LogP contribution in [0.25, 0.3) is 0 Å². The summed E-state index contributed by atoms with van der Waals surface area (Å²) in [6, 6.07) is 13.7. The molecule has 3 aliphatic rings. The van der Waals surface area contributed by atoms with Crippen molar-refractivity contribution in [3.8, 4) is 0 Å². The molecule has 5 rings (SSSR count). The van der Waals surface area contributed by atoms with Gasteiger partial charge in [0.1, 0.15) is 5.82 Å². The number of benzene rings is 2. The molecule has 0 N–H and O–H groups in total. The Kier molecular flexibility index (Phi) is 5.81. The molecule has 2 aliphatic heterocycles. The van der Waals surface area contributed by atoms with Crippen molar-refractivity contribution in [1.82, 2.24) is 4.90 Å². The number of hydrogen-bond acceptors (Lipinski definition) is 4. The van der Waals surface area contributed by atoms with E-state index in [0.29, 0.717) is 6.61 Å². The number of carbonyl (C=O) groups is 1. The van der Waals surface area contributed by atoms with Gasteiger partial charge in [0.15, 0.2) is 0 Å². The lowest BCUT2D eigenvalue weighted by atomic mass is 9.87. The van der Waals surface area contributed by atoms with Crippen molar-refractivity contribution in [2.75, 3.05) is 26.2 Å². The van der Waals surface area contributed by atoms with Crippen LogP contribution in [0.1, 0.15) is 60.5 Å². The Hall–Kier alpha value is -2.24. The largest absolute Gasteiger partial charge is 0.466 e. The van der Waals surface area contributed by atoms with Gasteiger partial charge in [-0.05, 0) is 73.5 Å². The molecule has 2 heterocycles. The summed E-state index contributed by atoms with van der Waals surface area (Å²) < 4.78 is 26.0. The minimum Gasteiger partial charge on any atom is -0.466 e. The number of nitrogens with zero attached hydrogens (tertiary/aromatic N) is 1. The first kappa shape index (κ1) is 20.7. The van der Waals surface area contributed by atoms with E-state index in [0.717, 1.165) is 56.4 Å². The molecule has 0 amide bonds. The van der Waals surface area contributed by atoms with E-state index >= 15 is 0 Å². The van der Waals surface area contributed by atoms with E-state index in [9.17, 15) is 9.18 Å². The minimum atomic E-state index is -0.205. The Labute approximate surface area is 183 Å². The number of ether oxygens (including phenoxy) is 2. The highest BCUT2D eigenvalue weighted by atomic mass is 19.1. The van der Waals surface area contributed by atoms with Gasteiger partial charge in [0, 0.05) is 19.0 Å². The number of carbonyl (C=O) groups excluding carboxylic acids is 1. The second kappa shape index (κ2) is 8.71. The van der Waals surface area contributed by atoms with Gasteiger partial charge in [-0.3, -0.25) is 9.69 Å². The van der Waals surface area contributed by atoms with Crippen molar-refractivity contribution in [2.24, 2.45) is 5.92 Å². The average molecular weight is 424 g/mol. The van der Waals surface area contributed by atoms with E-state index < -0.39 is 0 Å². The van der Waals surface area contributed by atoms with Gasteiger partial charge >= 0.3 is 5.97 Å². The maximum Gasteiger partial charge on any atom is 0.310 e. The molecule has 2 aromatic rings. The summed E-state index contributed by atoms with van der Waals surface area (Å²) in [5.41, 5.74) is 4.79. The van der Waals surface area contributed by atoms with Crippen LogP contribution < -0.4 is 0 Å². The first-order valence-electron chi connectivity index (χ1n) is 11.5. The summed E-state index contributed by atoms with van der Waals surface area (Å²) in [7, 11) is 0. The molecule has 0 bridgehead atoms. The third-order valence-electron chi connectivity index (χ3n) is 7.06. The molecular formula is C26H30FNO3. The van der Waals surface area contributed by atoms with Crippen LogP contribution in [0.15, 0.2) is 42.5 Å². The van der Waals surface area contributed by atoms with E-state index in [1.807, 2.05) is 13.0 Å². The smallest absolute Gasteiger partial charge is 0.310 e. The summed E-state index contributed by atoms with van der Waals surface area (Å²) >= 11 is 0. The number of hydrogen-bond donors (Lipinski definition) is 0. The normalized spacial score (nSPS) is 27.7. The lowest BCUT2D eigenvalue weighted by Gasteiger charge is -2.33. The number of esters is 1. The van der Waals surface area contributed by atoms with E-state index in [-0.39, 0.29) is 35.8 Å². The van der Waals surface area contributed by atoms with E-state index in [2.05, 4.69) is 29.2 Å². The molecule has 4 nitrogen and oxygen atoms in total. The fourth-order valence-electron chi connectivity index (χ4n) is 5.68. The topological polar surface area (TPSA) is 38.8 Å². The van der Waals surface area contributed by atoms with Crippen LogP contribution in [0.4, 0.5) is 4.39 Å². The van der Waals surface area contributed by atoms with Gasteiger partial charge in [-0.2, -0.15) is 0 Å². The van der Waals surface area contributed by atoms with Gasteiger partial charge in [-0.1, -0.05) is 30.3 Å². The Bertz CT molecular complexity index is 961. The maximum absolute atomic E-state index is 14.2. The maximum atomic E-state index is 14.2. The summed E-state index contributed by atoms with van der Waals surface area (Å²) in [5.74, 6) is -0.0992. The summed E-state index contributed by atoms with van der Waals surface area (Å²) in [6.45, 7) is 4.80. The second-order valence-electron chi connectivity index (χ2n) is 9.09. The Morgan fingerprint density at radius 1 is 1.19 bits per heavy atom. The molecule has 0 saturated carbocycles. The summed E-state index contributed by atoms with van der Waals surface area (Å²) in [4.78, 5) is 14.6. The zero-order chi connectivity index (χ0) is 21.4. The molecule has 2 fully saturated rings. The van der Waals surface area contributed by atoms with Crippen LogP contribution in [0.5, 0.6) is 0 Å². The monoisotopic (exact) mass is 423 g/mol. The zero-order valence-corrected chi connectivity index (χ0v) is 18.1. The highest BCUT2D eigenvalue weighted by molar-refractivity contribution is 5.72. The van der Waals surface area contributed by atoms with Crippen molar-refractivity contribution in [3.63, 3.8) is 0 Å². The molecule has 2 aromatic carbocycles. The molecule has 0 spiro atoms. The first-order valence-corrected chi connectivity index (χ1v) is 11.5. The van der Waals surface area contributed by atoms with E-state index in [4.69, 9.17) is 9.47 Å². The molecule has 1 unspecified atom stereocenters. The predicted octanol–water partition coefficient (Wildman–Crippen LogP) is 4.62. The molecule has 1 aliphatic carbocycles. The molecule has 31 heavy (non-hydrogen) atoms. The fraction of sp³-hybridized carbons (Fsp3) is 0.500. The van der Waals surface area contributed by atoms with Crippen LogP contribution in [-0.2, 0) is 20.7 Å². The standard InChI is InChI=1S/C26H30FNO3/c1-2-30-26(29)19-7-5-11-28(15-19)16-21-14-24-22-8-4-3-6-17(22)12-18-9-10-20(27)13-23(18)25(24)31-21/h3-4,6,8-10,13,19,21,24-25H,2,5,7,11-12,14-16H2,1H3/t19?,21-,24-,25+/m1/s1. The molecular weight excluding hydrogens is 393 g/mol. The molecule has 2 saturated heterocycles. The SMILES string of the molecule is CCOC(=O)C1CCCN(C[C@H]2C[C@@H]3c4ccccc4Cc4ccc(F)cc4[C@@H]3O2)C1. The molecule has 0 aromatic heterocycles. The second-order valence-corrected chi connectivity index (χ2v) is 9.09. The minimum absolute atomic E-state index is 0.0453. The van der Waals surface area contributed by atoms with Crippen LogP contribution in [-0.4, -0.2) is 43.2 Å². The van der Waals surface area contributed by atoms with E-state index in [1.165, 1.54) is 11.1 Å². The van der Waals surface area contributed by atoms with Gasteiger partial charge in [-0.25, -0.2) is 4.39 Å². The highest BCUT2D eigenvalue weighted by Crippen LogP contribution is 2.49. The van der Waals surface area contributed by atoms with Gasteiger partial charge in [0.2, 0.25) is 0 Å². The quantitative estimate of drug-likeness (QED) is 0.673. The Morgan fingerprint density at radius 3 is 2.90 bits per heavy atom. The summed E-state index contributed by atoms with van der Waals surface area (Å²) in [6.07, 6.45) is 3.58. The summed E-state index contributed by atoms with van der Waals surface area (Å²) in [5, 5.41) is 0. The van der Waals surface area contributed by atoms with Gasteiger partial charge in [0.05, 0.1) is 24.7 Å². The van der Waals surface area contributed by atoms with Crippen LogP contribution in [0.2, 0.25) is 0 Å². The van der Waals surface area contributed by atoms with Gasteiger partial charge in [0.25, 0.3) is 0 Å². The zero-order valence-electron chi connectivity index (χ0n) is 18.1. The van der Waals surface area contributed by atoms with Crippen molar-refractivity contribution in [3.05, 3.63) is 70.5 Å². The van der Waals surface area contributed by atoms with Crippen LogP contribution in [0, 0.1) is 11.7 Å². The number of likely N-dealkylation sites (tertiary alicyclic amines) is 1. The Balaban J connectivity index is 1.36. The predicted molar refractivity (Wildman–Crippen MR) is 116 cm³/mol. The molecule has 5 heteroatoms. The molecule has 4 atom stereocenters. The van der Waals surface area contributed by atoms with Gasteiger partial charge in [-0.15, -0.1) is 0 Å². The average Bonchev–Trinajstić information content (AvgIpc) is 3.14. The lowest BCUT2D eigenvalue weighted by molar-refractivity contribution is -0.150. The lowest BCUT2D eigenvalue weighted by Crippen LogP contribution is -2.42. The van der Waals surface area contributed by atoms with Gasteiger partial charge < -0.3 is 9.47 Å². The van der Waals surface area contributed by atoms with Crippen molar-refractivity contribution in [2.45, 2.75) is 50.7 Å². The van der Waals surface area contributed by atoms with Crippen molar-refractivity contribution >= 4 is 5.97 Å². The Morgan fingerprint density at radius 2 is 2.03 bits per heavy atom. The number of rotatable bonds is 4. The number of piperidine rings is 1. The first-order chi connectivity index (χ1) is 15.1. The third-order valence-corrected chi connectivity index (χ3v) is 7.06. The van der Waals surface area contributed by atoms with Crippen LogP contribution in [0.3, 0.4) is 0 Å². The fourth-order valence-corrected chi connectivity index (χ4v) is 5.68.